The lowest BCUT2D eigenvalue weighted by atomic mass is 9.61. The van der Waals surface area contributed by atoms with Gasteiger partial charge in [-0.25, -0.2) is 4.21 Å². The van der Waals surface area contributed by atoms with Crippen molar-refractivity contribution in [2.24, 2.45) is 23.2 Å². The van der Waals surface area contributed by atoms with E-state index in [2.05, 4.69) is 12.2 Å². The standard InChI is InChI=1S/C20H20O3S/c1-11-4-8-15(9-5-11)24(23)18-12(2)19(22)20(3)14-7-6-13(10-14)16(20)17(18)21/h4-9,13-14,16H,10H2,1-3H3/t13-,14+,16+,20+,24?/m0/s1. The predicted octanol–water partition coefficient (Wildman–Crippen LogP) is 3.36. The molecule has 24 heavy (non-hydrogen) atoms. The zero-order valence-corrected chi connectivity index (χ0v) is 14.9. The summed E-state index contributed by atoms with van der Waals surface area (Å²) in [6, 6.07) is 7.31. The highest BCUT2D eigenvalue weighted by Gasteiger charge is 2.63. The van der Waals surface area contributed by atoms with Crippen molar-refractivity contribution >= 4 is 22.4 Å². The van der Waals surface area contributed by atoms with Crippen LogP contribution >= 0.6 is 0 Å². The molecule has 4 rings (SSSR count). The minimum Gasteiger partial charge on any atom is -0.294 e. The molecular formula is C20H20O3S. The number of fused-ring (bicyclic) bond motifs is 5. The van der Waals surface area contributed by atoms with Crippen LogP contribution < -0.4 is 0 Å². The van der Waals surface area contributed by atoms with Crippen LogP contribution in [0.15, 0.2) is 51.8 Å². The topological polar surface area (TPSA) is 51.2 Å². The number of allylic oxidation sites excluding steroid dienone is 4. The summed E-state index contributed by atoms with van der Waals surface area (Å²) >= 11 is 0. The molecule has 0 spiro atoms. The van der Waals surface area contributed by atoms with Gasteiger partial charge in [-0.2, -0.15) is 0 Å². The number of benzene rings is 1. The van der Waals surface area contributed by atoms with E-state index >= 15 is 0 Å². The summed E-state index contributed by atoms with van der Waals surface area (Å²) in [6.45, 7) is 5.54. The zero-order chi connectivity index (χ0) is 17.2. The van der Waals surface area contributed by atoms with Gasteiger partial charge in [-0.05, 0) is 44.2 Å². The largest absolute Gasteiger partial charge is 0.294 e. The van der Waals surface area contributed by atoms with E-state index in [0.717, 1.165) is 12.0 Å². The van der Waals surface area contributed by atoms with Crippen molar-refractivity contribution in [2.45, 2.75) is 32.1 Å². The number of Topliss-reactive ketones (excluding diaryl/α,β-unsaturated/α-hetero) is 2. The maximum atomic E-state index is 13.2. The van der Waals surface area contributed by atoms with Crippen LogP contribution in [0.1, 0.15) is 25.8 Å². The van der Waals surface area contributed by atoms with Crippen LogP contribution in [0.25, 0.3) is 0 Å². The molecule has 4 heteroatoms. The van der Waals surface area contributed by atoms with Gasteiger partial charge in [0.25, 0.3) is 0 Å². The van der Waals surface area contributed by atoms with Gasteiger partial charge in [0.1, 0.15) is 0 Å². The van der Waals surface area contributed by atoms with Crippen molar-refractivity contribution in [3.63, 3.8) is 0 Å². The first-order chi connectivity index (χ1) is 11.4. The van der Waals surface area contributed by atoms with Crippen LogP contribution in [0.5, 0.6) is 0 Å². The van der Waals surface area contributed by atoms with Crippen molar-refractivity contribution in [1.29, 1.82) is 0 Å². The molecule has 0 radical (unpaired) electrons. The van der Waals surface area contributed by atoms with Gasteiger partial charge in [-0.3, -0.25) is 9.59 Å². The molecule has 124 valence electrons. The number of aryl methyl sites for hydroxylation is 1. The maximum absolute atomic E-state index is 13.2. The summed E-state index contributed by atoms with van der Waals surface area (Å²) in [5, 5.41) is 0. The number of carbonyl (C=O) groups is 2. The van der Waals surface area contributed by atoms with Crippen LogP contribution in [0.3, 0.4) is 0 Å². The van der Waals surface area contributed by atoms with Gasteiger partial charge in [-0.15, -0.1) is 0 Å². The first-order valence-electron chi connectivity index (χ1n) is 8.32. The Morgan fingerprint density at radius 1 is 1.08 bits per heavy atom. The number of carbonyl (C=O) groups excluding carboxylic acids is 2. The van der Waals surface area contributed by atoms with Crippen molar-refractivity contribution in [1.82, 2.24) is 0 Å². The van der Waals surface area contributed by atoms with Crippen LogP contribution in [0.2, 0.25) is 0 Å². The molecule has 5 atom stereocenters. The van der Waals surface area contributed by atoms with Crippen LogP contribution in [-0.2, 0) is 20.4 Å². The molecule has 0 N–H and O–H groups in total. The zero-order valence-electron chi connectivity index (χ0n) is 14.0. The fourth-order valence-electron chi connectivity index (χ4n) is 4.71. The molecular weight excluding hydrogens is 320 g/mol. The lowest BCUT2D eigenvalue weighted by Gasteiger charge is -2.40. The molecule has 1 aromatic carbocycles. The van der Waals surface area contributed by atoms with Gasteiger partial charge in [0.05, 0.1) is 15.7 Å². The predicted molar refractivity (Wildman–Crippen MR) is 92.6 cm³/mol. The Hall–Kier alpha value is -1.81. The monoisotopic (exact) mass is 340 g/mol. The Labute approximate surface area is 144 Å². The molecule has 3 aliphatic carbocycles. The Bertz CT molecular complexity index is 846. The minimum absolute atomic E-state index is 0.000545. The maximum Gasteiger partial charge on any atom is 0.177 e. The lowest BCUT2D eigenvalue weighted by Crippen LogP contribution is -2.48. The highest BCUT2D eigenvalue weighted by molar-refractivity contribution is 7.90. The van der Waals surface area contributed by atoms with Crippen molar-refractivity contribution < 1.29 is 13.8 Å². The van der Waals surface area contributed by atoms with E-state index in [1.54, 1.807) is 19.1 Å². The normalized spacial score (nSPS) is 35.5. The summed E-state index contributed by atoms with van der Waals surface area (Å²) in [5.41, 5.74) is 0.804. The molecule has 1 saturated carbocycles. The number of hydrogen-bond acceptors (Lipinski definition) is 3. The molecule has 0 aromatic heterocycles. The van der Waals surface area contributed by atoms with Crippen molar-refractivity contribution in [3.8, 4) is 0 Å². The SMILES string of the molecule is CC1=C(S(=O)c2ccc(C)cc2)C(=O)[C@H]2[C@H]3C=C[C@H](C3)[C@@]2(C)C1=O. The first kappa shape index (κ1) is 15.7. The van der Waals surface area contributed by atoms with E-state index in [1.807, 2.05) is 26.0 Å². The quantitative estimate of drug-likeness (QED) is 0.776. The van der Waals surface area contributed by atoms with E-state index in [0.29, 0.717) is 10.5 Å². The van der Waals surface area contributed by atoms with Gasteiger partial charge < -0.3 is 0 Å². The fraction of sp³-hybridized carbons (Fsp3) is 0.400. The average molecular weight is 340 g/mol. The van der Waals surface area contributed by atoms with Crippen LogP contribution in [-0.4, -0.2) is 15.8 Å². The molecule has 0 amide bonds. The lowest BCUT2D eigenvalue weighted by molar-refractivity contribution is -0.137. The van der Waals surface area contributed by atoms with Gasteiger partial charge in [0.2, 0.25) is 0 Å². The number of hydrogen-bond donors (Lipinski definition) is 0. The summed E-state index contributed by atoms with van der Waals surface area (Å²) in [6.07, 6.45) is 5.01. The highest BCUT2D eigenvalue weighted by atomic mass is 32.2. The highest BCUT2D eigenvalue weighted by Crippen LogP contribution is 2.60. The van der Waals surface area contributed by atoms with E-state index in [4.69, 9.17) is 0 Å². The van der Waals surface area contributed by atoms with E-state index in [-0.39, 0.29) is 34.2 Å². The Morgan fingerprint density at radius 2 is 1.75 bits per heavy atom. The van der Waals surface area contributed by atoms with Gasteiger partial charge in [-0.1, -0.05) is 36.8 Å². The molecule has 0 aliphatic heterocycles. The summed E-state index contributed by atoms with van der Waals surface area (Å²) in [5.74, 6) is -0.208. The van der Waals surface area contributed by atoms with Crippen LogP contribution in [0, 0.1) is 30.1 Å². The van der Waals surface area contributed by atoms with Gasteiger partial charge >= 0.3 is 0 Å². The van der Waals surface area contributed by atoms with Gasteiger partial charge in [0, 0.05) is 21.8 Å². The molecule has 3 aliphatic rings. The van der Waals surface area contributed by atoms with E-state index in [9.17, 15) is 13.8 Å². The third-order valence-electron chi connectivity index (χ3n) is 6.06. The van der Waals surface area contributed by atoms with Crippen molar-refractivity contribution in [2.75, 3.05) is 0 Å². The minimum atomic E-state index is -1.60. The molecule has 2 bridgehead atoms. The smallest absolute Gasteiger partial charge is 0.177 e. The second kappa shape index (κ2) is 5.09. The first-order valence-corrected chi connectivity index (χ1v) is 9.47. The second-order valence-electron chi connectivity index (χ2n) is 7.38. The Morgan fingerprint density at radius 3 is 2.42 bits per heavy atom. The Kier molecular flexibility index (Phi) is 3.33. The molecule has 3 nitrogen and oxygen atoms in total. The van der Waals surface area contributed by atoms with E-state index in [1.165, 1.54) is 0 Å². The summed E-state index contributed by atoms with van der Waals surface area (Å²) in [7, 11) is -1.60. The molecule has 0 saturated heterocycles. The molecule has 1 aromatic rings. The van der Waals surface area contributed by atoms with E-state index < -0.39 is 16.2 Å². The molecule has 1 unspecified atom stereocenters. The fourth-order valence-corrected chi connectivity index (χ4v) is 6.01. The number of ketones is 2. The third kappa shape index (κ3) is 1.86. The third-order valence-corrected chi connectivity index (χ3v) is 7.64. The molecule has 0 heterocycles. The van der Waals surface area contributed by atoms with Crippen LogP contribution in [0.4, 0.5) is 0 Å². The second-order valence-corrected chi connectivity index (χ2v) is 8.80. The summed E-state index contributed by atoms with van der Waals surface area (Å²) < 4.78 is 13.0. The van der Waals surface area contributed by atoms with Gasteiger partial charge in [0.15, 0.2) is 11.6 Å². The van der Waals surface area contributed by atoms with Crippen molar-refractivity contribution in [3.05, 3.63) is 52.5 Å². The molecule has 1 fully saturated rings. The average Bonchev–Trinajstić information content (AvgIpc) is 3.13. The number of rotatable bonds is 2. The summed E-state index contributed by atoms with van der Waals surface area (Å²) in [4.78, 5) is 27.1. The Balaban J connectivity index is 1.82.